The third-order valence-corrected chi connectivity index (χ3v) is 5.42. The fourth-order valence-electron chi connectivity index (χ4n) is 1.96. The number of carbonyl (C=O) groups is 1. The maximum absolute atomic E-state index is 12.9. The average molecular weight is 372 g/mol. The second-order valence-electron chi connectivity index (χ2n) is 5.45. The molecule has 0 aliphatic heterocycles. The molecule has 2 N–H and O–H groups in total. The Balaban J connectivity index is 2.15. The first-order chi connectivity index (χ1) is 11.1. The van der Waals surface area contributed by atoms with E-state index in [0.29, 0.717) is 10.7 Å². The van der Waals surface area contributed by atoms with Gasteiger partial charge in [0, 0.05) is 10.7 Å². The van der Waals surface area contributed by atoms with E-state index >= 15 is 0 Å². The zero-order valence-corrected chi connectivity index (χ0v) is 14.2. The number of rotatable bonds is 5. The summed E-state index contributed by atoms with van der Waals surface area (Å²) in [6.45, 7) is 1.10. The van der Waals surface area contributed by atoms with Crippen LogP contribution in [0.3, 0.4) is 0 Å². The van der Waals surface area contributed by atoms with Gasteiger partial charge in [-0.3, -0.25) is 4.79 Å². The van der Waals surface area contributed by atoms with Crippen molar-refractivity contribution in [3.8, 4) is 0 Å². The summed E-state index contributed by atoms with van der Waals surface area (Å²) in [5, 5.41) is 13.2. The molecule has 0 saturated carbocycles. The van der Waals surface area contributed by atoms with Crippen LogP contribution in [0.15, 0.2) is 53.4 Å². The van der Waals surface area contributed by atoms with Crippen LogP contribution in [0.25, 0.3) is 0 Å². The highest BCUT2D eigenvalue weighted by molar-refractivity contribution is 7.91. The van der Waals surface area contributed by atoms with E-state index < -0.39 is 32.9 Å². The molecule has 0 aromatic heterocycles. The minimum Gasteiger partial charge on any atom is -0.379 e. The molecule has 0 bridgehead atoms. The van der Waals surface area contributed by atoms with E-state index in [2.05, 4.69) is 5.32 Å². The topological polar surface area (TPSA) is 83.5 Å². The zero-order valence-electron chi connectivity index (χ0n) is 12.7. The molecule has 2 rings (SSSR count). The third-order valence-electron chi connectivity index (χ3n) is 3.24. The van der Waals surface area contributed by atoms with Gasteiger partial charge in [-0.15, -0.1) is 0 Å². The number of benzene rings is 2. The molecule has 128 valence electrons. The lowest BCUT2D eigenvalue weighted by atomic mass is 10.1. The van der Waals surface area contributed by atoms with Crippen molar-refractivity contribution < 1.29 is 22.7 Å². The van der Waals surface area contributed by atoms with Gasteiger partial charge < -0.3 is 10.4 Å². The Morgan fingerprint density at radius 2 is 1.71 bits per heavy atom. The second kappa shape index (κ2) is 6.88. The fourth-order valence-corrected chi connectivity index (χ4v) is 3.67. The van der Waals surface area contributed by atoms with Crippen LogP contribution >= 0.6 is 11.6 Å². The number of hydrogen-bond acceptors (Lipinski definition) is 4. The van der Waals surface area contributed by atoms with Gasteiger partial charge in [0.15, 0.2) is 15.4 Å². The number of anilines is 1. The summed E-state index contributed by atoms with van der Waals surface area (Å²) in [5.41, 5.74) is -1.81. The number of halogens is 2. The maximum Gasteiger partial charge on any atom is 0.257 e. The summed E-state index contributed by atoms with van der Waals surface area (Å²) < 4.78 is 37.5. The van der Waals surface area contributed by atoms with E-state index in [0.717, 1.165) is 31.2 Å². The molecule has 0 fully saturated rings. The summed E-state index contributed by atoms with van der Waals surface area (Å²) in [6, 6.07) is 10.3. The monoisotopic (exact) mass is 371 g/mol. The minimum atomic E-state index is -3.98. The molecule has 0 unspecified atom stereocenters. The van der Waals surface area contributed by atoms with Gasteiger partial charge in [0.2, 0.25) is 0 Å². The Morgan fingerprint density at radius 3 is 2.25 bits per heavy atom. The van der Waals surface area contributed by atoms with Crippen molar-refractivity contribution in [1.82, 2.24) is 0 Å². The van der Waals surface area contributed by atoms with Crippen LogP contribution in [0.2, 0.25) is 5.02 Å². The van der Waals surface area contributed by atoms with Crippen LogP contribution in [0.5, 0.6) is 0 Å². The number of sulfone groups is 1. The van der Waals surface area contributed by atoms with Crippen molar-refractivity contribution >= 4 is 33.0 Å². The first kappa shape index (κ1) is 18.4. The van der Waals surface area contributed by atoms with Gasteiger partial charge in [0.25, 0.3) is 5.91 Å². The van der Waals surface area contributed by atoms with Crippen molar-refractivity contribution in [2.24, 2.45) is 0 Å². The SMILES string of the molecule is C[C@](O)(CS(=O)(=O)c1ccc(F)cc1)C(=O)Nc1ccc(Cl)cc1. The van der Waals surface area contributed by atoms with E-state index in [-0.39, 0.29) is 4.90 Å². The molecule has 2 aromatic carbocycles. The fraction of sp³-hybridized carbons (Fsp3) is 0.188. The van der Waals surface area contributed by atoms with Crippen LogP contribution in [0.4, 0.5) is 10.1 Å². The highest BCUT2D eigenvalue weighted by Crippen LogP contribution is 2.20. The van der Waals surface area contributed by atoms with Crippen molar-refractivity contribution in [3.63, 3.8) is 0 Å². The molecular weight excluding hydrogens is 357 g/mol. The molecule has 0 heterocycles. The Kier molecular flexibility index (Phi) is 5.27. The summed E-state index contributed by atoms with van der Waals surface area (Å²) in [6.07, 6.45) is 0. The Morgan fingerprint density at radius 1 is 1.17 bits per heavy atom. The lowest BCUT2D eigenvalue weighted by Gasteiger charge is -2.22. The standard InChI is InChI=1S/C16H15ClFNO4S/c1-16(21,15(20)19-13-6-2-11(17)3-7-13)10-24(22,23)14-8-4-12(18)5-9-14/h2-9,21H,10H2,1H3,(H,19,20)/t16-/m0/s1. The maximum atomic E-state index is 12.9. The average Bonchev–Trinajstić information content (AvgIpc) is 2.49. The van der Waals surface area contributed by atoms with Crippen LogP contribution in [-0.2, 0) is 14.6 Å². The van der Waals surface area contributed by atoms with Gasteiger partial charge in [-0.2, -0.15) is 0 Å². The van der Waals surface area contributed by atoms with Crippen molar-refractivity contribution in [2.45, 2.75) is 17.4 Å². The Bertz CT molecular complexity index is 833. The van der Waals surface area contributed by atoms with Gasteiger partial charge in [-0.25, -0.2) is 12.8 Å². The summed E-state index contributed by atoms with van der Waals surface area (Å²) >= 11 is 5.74. The number of aliphatic hydroxyl groups is 1. The molecular formula is C16H15ClFNO4S. The second-order valence-corrected chi connectivity index (χ2v) is 7.87. The predicted molar refractivity (Wildman–Crippen MR) is 89.2 cm³/mol. The van der Waals surface area contributed by atoms with Crippen LogP contribution in [-0.4, -0.2) is 30.8 Å². The highest BCUT2D eigenvalue weighted by atomic mass is 35.5. The van der Waals surface area contributed by atoms with Crippen LogP contribution in [0.1, 0.15) is 6.92 Å². The zero-order chi connectivity index (χ0) is 18.0. The number of amides is 1. The number of nitrogens with one attached hydrogen (secondary N) is 1. The molecule has 0 aliphatic rings. The number of carbonyl (C=O) groups excluding carboxylic acids is 1. The van der Waals surface area contributed by atoms with Gasteiger partial charge in [-0.05, 0) is 55.5 Å². The predicted octanol–water partition coefficient (Wildman–Crippen LogP) is 2.64. The summed E-state index contributed by atoms with van der Waals surface area (Å²) in [4.78, 5) is 12.0. The van der Waals surface area contributed by atoms with E-state index in [1.807, 2.05) is 0 Å². The molecule has 8 heteroatoms. The van der Waals surface area contributed by atoms with E-state index in [1.54, 1.807) is 12.1 Å². The van der Waals surface area contributed by atoms with E-state index in [1.165, 1.54) is 12.1 Å². The Hall–Kier alpha value is -1.96. The molecule has 0 aliphatic carbocycles. The molecule has 1 atom stereocenters. The highest BCUT2D eigenvalue weighted by Gasteiger charge is 2.36. The van der Waals surface area contributed by atoms with Gasteiger partial charge in [0.1, 0.15) is 5.82 Å². The van der Waals surface area contributed by atoms with E-state index in [9.17, 15) is 22.7 Å². The first-order valence-corrected chi connectivity index (χ1v) is 8.91. The van der Waals surface area contributed by atoms with Crippen molar-refractivity contribution in [2.75, 3.05) is 11.1 Å². The molecule has 0 saturated heterocycles. The minimum absolute atomic E-state index is 0.177. The molecule has 2 aromatic rings. The lowest BCUT2D eigenvalue weighted by Crippen LogP contribution is -2.45. The Labute approximate surface area is 144 Å². The quantitative estimate of drug-likeness (QED) is 0.791. The normalized spacial score (nSPS) is 14.0. The summed E-state index contributed by atoms with van der Waals surface area (Å²) in [5.74, 6) is -2.30. The first-order valence-electron chi connectivity index (χ1n) is 6.88. The van der Waals surface area contributed by atoms with Crippen molar-refractivity contribution in [1.29, 1.82) is 0 Å². The molecule has 0 radical (unpaired) electrons. The van der Waals surface area contributed by atoms with Gasteiger partial charge in [-0.1, -0.05) is 11.6 Å². The molecule has 0 spiro atoms. The molecule has 1 amide bonds. The largest absolute Gasteiger partial charge is 0.379 e. The van der Waals surface area contributed by atoms with Gasteiger partial charge in [0.05, 0.1) is 10.6 Å². The third kappa shape index (κ3) is 4.53. The smallest absolute Gasteiger partial charge is 0.257 e. The molecule has 24 heavy (non-hydrogen) atoms. The lowest BCUT2D eigenvalue weighted by molar-refractivity contribution is -0.130. The van der Waals surface area contributed by atoms with Gasteiger partial charge >= 0.3 is 0 Å². The summed E-state index contributed by atoms with van der Waals surface area (Å²) in [7, 11) is -3.98. The van der Waals surface area contributed by atoms with Crippen LogP contribution in [0, 0.1) is 5.82 Å². The number of hydrogen-bond donors (Lipinski definition) is 2. The molecule has 5 nitrogen and oxygen atoms in total. The van der Waals surface area contributed by atoms with Crippen LogP contribution < -0.4 is 5.32 Å². The van der Waals surface area contributed by atoms with E-state index in [4.69, 9.17) is 11.6 Å². The van der Waals surface area contributed by atoms with Crippen molar-refractivity contribution in [3.05, 3.63) is 59.4 Å².